The minimum Gasteiger partial charge on any atom is -0.479 e. The summed E-state index contributed by atoms with van der Waals surface area (Å²) >= 11 is 5.69. The molecule has 1 N–H and O–H groups in total. The first kappa shape index (κ1) is 18.8. The van der Waals surface area contributed by atoms with Gasteiger partial charge in [0.1, 0.15) is 10.8 Å². The van der Waals surface area contributed by atoms with Crippen molar-refractivity contribution < 1.29 is 36.9 Å². The van der Waals surface area contributed by atoms with Crippen LogP contribution in [0.5, 0.6) is 17.4 Å². The number of aromatic nitrogens is 1. The number of carboxylic acids is 1. The molecule has 2 rings (SSSR count). The number of halogens is 5. The molecule has 0 aliphatic carbocycles. The smallest absolute Gasteiger partial charge is 0.417 e. The summed E-state index contributed by atoms with van der Waals surface area (Å²) in [5.74, 6) is -2.98. The van der Waals surface area contributed by atoms with E-state index in [1.54, 1.807) is 0 Å². The second-order valence-corrected chi connectivity index (χ2v) is 5.21. The molecule has 5 nitrogen and oxygen atoms in total. The van der Waals surface area contributed by atoms with E-state index in [1.165, 1.54) is 13.0 Å². The number of nitrogens with zero attached hydrogens (tertiary/aromatic N) is 1. The summed E-state index contributed by atoms with van der Waals surface area (Å²) in [6.07, 6.45) is -5.35. The lowest BCUT2D eigenvalue weighted by molar-refractivity contribution is -0.144. The van der Waals surface area contributed by atoms with E-state index in [0.29, 0.717) is 12.3 Å². The van der Waals surface area contributed by atoms with Crippen molar-refractivity contribution >= 4 is 17.6 Å². The first-order chi connectivity index (χ1) is 11.6. The lowest BCUT2D eigenvalue weighted by Crippen LogP contribution is -2.23. The molecule has 1 aromatic heterocycles. The van der Waals surface area contributed by atoms with Gasteiger partial charge in [0.15, 0.2) is 17.7 Å². The number of benzene rings is 1. The standard InChI is InChI=1S/C15H10ClF4NO4/c1-7(14(22)23)24-12-3-2-9(5-11(12)17)25-13-10(16)4-8(6-21-13)15(18,19)20/h2-7H,1H3,(H,22,23). The number of aliphatic carboxylic acids is 1. The third kappa shape index (κ3) is 4.72. The molecular formula is C15H10ClF4NO4. The molecule has 0 aliphatic rings. The highest BCUT2D eigenvalue weighted by Gasteiger charge is 2.31. The Bertz CT molecular complexity index is 798. The topological polar surface area (TPSA) is 68.7 Å². The Hall–Kier alpha value is -2.55. The average molecular weight is 380 g/mol. The SMILES string of the molecule is CC(Oc1ccc(Oc2ncc(C(F)(F)F)cc2Cl)cc1F)C(=O)O. The van der Waals surface area contributed by atoms with Gasteiger partial charge in [-0.05, 0) is 25.1 Å². The summed E-state index contributed by atoms with van der Waals surface area (Å²) < 4.78 is 61.6. The molecule has 0 saturated heterocycles. The van der Waals surface area contributed by atoms with Crippen molar-refractivity contribution in [3.63, 3.8) is 0 Å². The van der Waals surface area contributed by atoms with Crippen LogP contribution in [0.3, 0.4) is 0 Å². The normalized spacial score (nSPS) is 12.6. The summed E-state index contributed by atoms with van der Waals surface area (Å²) in [5, 5.41) is 8.31. The van der Waals surface area contributed by atoms with Crippen LogP contribution in [0.25, 0.3) is 0 Å². The lowest BCUT2D eigenvalue weighted by Gasteiger charge is -2.13. The van der Waals surface area contributed by atoms with Gasteiger partial charge in [0, 0.05) is 12.3 Å². The zero-order chi connectivity index (χ0) is 18.8. The average Bonchev–Trinajstić information content (AvgIpc) is 2.50. The Balaban J connectivity index is 2.18. The molecule has 134 valence electrons. The van der Waals surface area contributed by atoms with Gasteiger partial charge in [-0.25, -0.2) is 14.2 Å². The van der Waals surface area contributed by atoms with Crippen LogP contribution in [0.1, 0.15) is 12.5 Å². The minimum atomic E-state index is -4.61. The van der Waals surface area contributed by atoms with Gasteiger partial charge in [-0.2, -0.15) is 13.2 Å². The Labute approximate surface area is 143 Å². The predicted molar refractivity (Wildman–Crippen MR) is 78.4 cm³/mol. The highest BCUT2D eigenvalue weighted by molar-refractivity contribution is 6.31. The van der Waals surface area contributed by atoms with Crippen molar-refractivity contribution in [3.8, 4) is 17.4 Å². The van der Waals surface area contributed by atoms with E-state index >= 15 is 0 Å². The molecule has 0 aliphatic heterocycles. The maximum Gasteiger partial charge on any atom is 0.417 e. The van der Waals surface area contributed by atoms with Crippen LogP contribution in [-0.4, -0.2) is 22.2 Å². The molecule has 10 heteroatoms. The van der Waals surface area contributed by atoms with Gasteiger partial charge in [0.2, 0.25) is 5.88 Å². The van der Waals surface area contributed by atoms with Gasteiger partial charge in [-0.1, -0.05) is 11.6 Å². The summed E-state index contributed by atoms with van der Waals surface area (Å²) in [4.78, 5) is 14.1. The Morgan fingerprint density at radius 1 is 1.32 bits per heavy atom. The van der Waals surface area contributed by atoms with Gasteiger partial charge >= 0.3 is 12.1 Å². The van der Waals surface area contributed by atoms with Gasteiger partial charge in [-0.3, -0.25) is 0 Å². The van der Waals surface area contributed by atoms with Crippen molar-refractivity contribution in [3.05, 3.63) is 46.9 Å². The van der Waals surface area contributed by atoms with Crippen LogP contribution in [-0.2, 0) is 11.0 Å². The first-order valence-electron chi connectivity index (χ1n) is 6.67. The Morgan fingerprint density at radius 2 is 2.00 bits per heavy atom. The maximum absolute atomic E-state index is 13.9. The Kier molecular flexibility index (Phi) is 5.36. The van der Waals surface area contributed by atoms with E-state index in [0.717, 1.165) is 12.1 Å². The molecule has 0 bridgehead atoms. The fourth-order valence-electron chi connectivity index (χ4n) is 1.65. The molecule has 1 aromatic carbocycles. The minimum absolute atomic E-state index is 0.109. The molecule has 2 aromatic rings. The van der Waals surface area contributed by atoms with Crippen molar-refractivity contribution in [1.29, 1.82) is 0 Å². The largest absolute Gasteiger partial charge is 0.479 e. The fourth-order valence-corrected chi connectivity index (χ4v) is 1.85. The van der Waals surface area contributed by atoms with Crippen LogP contribution in [0.2, 0.25) is 5.02 Å². The van der Waals surface area contributed by atoms with Gasteiger partial charge in [-0.15, -0.1) is 0 Å². The molecule has 0 amide bonds. The summed E-state index contributed by atoms with van der Waals surface area (Å²) in [5.41, 5.74) is -1.05. The summed E-state index contributed by atoms with van der Waals surface area (Å²) in [6, 6.07) is 3.83. The number of hydrogen-bond donors (Lipinski definition) is 1. The number of hydrogen-bond acceptors (Lipinski definition) is 4. The molecule has 0 saturated carbocycles. The van der Waals surface area contributed by atoms with Crippen molar-refractivity contribution in [1.82, 2.24) is 4.98 Å². The lowest BCUT2D eigenvalue weighted by atomic mass is 10.3. The highest BCUT2D eigenvalue weighted by atomic mass is 35.5. The number of rotatable bonds is 5. The van der Waals surface area contributed by atoms with Crippen molar-refractivity contribution in [2.75, 3.05) is 0 Å². The zero-order valence-corrected chi connectivity index (χ0v) is 13.2. The number of ether oxygens (including phenoxy) is 2. The number of carbonyl (C=O) groups is 1. The highest BCUT2D eigenvalue weighted by Crippen LogP contribution is 2.35. The molecule has 0 fully saturated rings. The molecule has 1 atom stereocenters. The summed E-state index contributed by atoms with van der Waals surface area (Å²) in [7, 11) is 0. The second-order valence-electron chi connectivity index (χ2n) is 4.80. The van der Waals surface area contributed by atoms with E-state index in [-0.39, 0.29) is 17.4 Å². The monoisotopic (exact) mass is 379 g/mol. The van der Waals surface area contributed by atoms with Crippen molar-refractivity contribution in [2.45, 2.75) is 19.2 Å². The maximum atomic E-state index is 13.9. The first-order valence-corrected chi connectivity index (χ1v) is 7.05. The fraction of sp³-hybridized carbons (Fsp3) is 0.200. The quantitative estimate of drug-likeness (QED) is 0.773. The van der Waals surface area contributed by atoms with Gasteiger partial charge < -0.3 is 14.6 Å². The number of alkyl halides is 3. The van der Waals surface area contributed by atoms with E-state index in [4.69, 9.17) is 26.2 Å². The molecular weight excluding hydrogens is 370 g/mol. The van der Waals surface area contributed by atoms with E-state index in [2.05, 4.69) is 4.98 Å². The molecule has 0 radical (unpaired) electrons. The molecule has 1 heterocycles. The van der Waals surface area contributed by atoms with Crippen LogP contribution in [0, 0.1) is 5.82 Å². The Morgan fingerprint density at radius 3 is 2.52 bits per heavy atom. The molecule has 0 spiro atoms. The van der Waals surface area contributed by atoms with Crippen LogP contribution in [0.15, 0.2) is 30.5 Å². The molecule has 1 unspecified atom stereocenters. The number of carboxylic acid groups (broad SMARTS) is 1. The predicted octanol–water partition coefficient (Wildman–Crippen LogP) is 4.54. The van der Waals surface area contributed by atoms with E-state index in [1.807, 2.05) is 0 Å². The van der Waals surface area contributed by atoms with E-state index < -0.39 is 34.7 Å². The zero-order valence-electron chi connectivity index (χ0n) is 12.5. The van der Waals surface area contributed by atoms with Crippen LogP contribution >= 0.6 is 11.6 Å². The molecule has 25 heavy (non-hydrogen) atoms. The van der Waals surface area contributed by atoms with Gasteiger partial charge in [0.05, 0.1) is 5.56 Å². The third-order valence-corrected chi connectivity index (χ3v) is 3.17. The van der Waals surface area contributed by atoms with Gasteiger partial charge in [0.25, 0.3) is 0 Å². The van der Waals surface area contributed by atoms with Crippen molar-refractivity contribution in [2.24, 2.45) is 0 Å². The third-order valence-electron chi connectivity index (χ3n) is 2.90. The van der Waals surface area contributed by atoms with Crippen LogP contribution < -0.4 is 9.47 Å². The second kappa shape index (κ2) is 7.14. The van der Waals surface area contributed by atoms with E-state index in [9.17, 15) is 22.4 Å². The summed E-state index contributed by atoms with van der Waals surface area (Å²) in [6.45, 7) is 1.22. The number of pyridine rings is 1. The van der Waals surface area contributed by atoms with Crippen LogP contribution in [0.4, 0.5) is 17.6 Å².